The third-order valence-corrected chi connectivity index (χ3v) is 4.12. The predicted octanol–water partition coefficient (Wildman–Crippen LogP) is 2.67. The predicted molar refractivity (Wildman–Crippen MR) is 88.9 cm³/mol. The molecule has 1 aliphatic rings. The van der Waals surface area contributed by atoms with E-state index in [1.165, 1.54) is 6.42 Å². The zero-order valence-electron chi connectivity index (χ0n) is 14.7. The van der Waals surface area contributed by atoms with Gasteiger partial charge in [0.25, 0.3) is 0 Å². The Labute approximate surface area is 131 Å². The SMILES string of the molecule is CCCNCC1CCC(COCCN(C(C)C)C(C)C)O1. The van der Waals surface area contributed by atoms with E-state index in [9.17, 15) is 0 Å². The van der Waals surface area contributed by atoms with Crippen molar-refractivity contribution in [3.8, 4) is 0 Å². The van der Waals surface area contributed by atoms with Gasteiger partial charge in [0.05, 0.1) is 25.4 Å². The molecule has 1 aliphatic heterocycles. The lowest BCUT2D eigenvalue weighted by Crippen LogP contribution is -2.39. The van der Waals surface area contributed by atoms with E-state index in [-0.39, 0.29) is 0 Å². The lowest BCUT2D eigenvalue weighted by molar-refractivity contribution is -0.0210. The van der Waals surface area contributed by atoms with Crippen LogP contribution < -0.4 is 5.32 Å². The van der Waals surface area contributed by atoms with Crippen molar-refractivity contribution in [2.75, 3.05) is 32.8 Å². The molecule has 2 unspecified atom stereocenters. The molecule has 4 heteroatoms. The highest BCUT2D eigenvalue weighted by molar-refractivity contribution is 4.75. The normalized spacial score (nSPS) is 22.9. The molecule has 1 fully saturated rings. The molecule has 0 saturated carbocycles. The standard InChI is InChI=1S/C17H36N2O2/c1-6-9-18-12-16-7-8-17(21-16)13-20-11-10-19(14(2)3)15(4)5/h14-18H,6-13H2,1-5H3. The molecule has 0 aromatic rings. The van der Waals surface area contributed by atoms with Gasteiger partial charge >= 0.3 is 0 Å². The number of rotatable bonds is 11. The van der Waals surface area contributed by atoms with Crippen LogP contribution in [0.2, 0.25) is 0 Å². The molecule has 1 saturated heterocycles. The smallest absolute Gasteiger partial charge is 0.0813 e. The molecule has 2 atom stereocenters. The van der Waals surface area contributed by atoms with Crippen molar-refractivity contribution in [3.63, 3.8) is 0 Å². The average Bonchev–Trinajstić information content (AvgIpc) is 2.86. The summed E-state index contributed by atoms with van der Waals surface area (Å²) >= 11 is 0. The van der Waals surface area contributed by atoms with Crippen LogP contribution >= 0.6 is 0 Å². The van der Waals surface area contributed by atoms with Gasteiger partial charge in [-0.3, -0.25) is 4.90 Å². The fourth-order valence-electron chi connectivity index (χ4n) is 2.99. The van der Waals surface area contributed by atoms with Crippen LogP contribution in [0.25, 0.3) is 0 Å². The molecule has 0 aromatic heterocycles. The second kappa shape index (κ2) is 10.5. The van der Waals surface area contributed by atoms with Crippen LogP contribution in [0.3, 0.4) is 0 Å². The molecule has 1 rings (SSSR count). The van der Waals surface area contributed by atoms with E-state index >= 15 is 0 Å². The molecule has 126 valence electrons. The minimum Gasteiger partial charge on any atom is -0.377 e. The molecule has 0 amide bonds. The van der Waals surface area contributed by atoms with Gasteiger partial charge in [-0.25, -0.2) is 0 Å². The van der Waals surface area contributed by atoms with Gasteiger partial charge in [-0.2, -0.15) is 0 Å². The van der Waals surface area contributed by atoms with Gasteiger partial charge in [0, 0.05) is 25.2 Å². The molecular formula is C17H36N2O2. The van der Waals surface area contributed by atoms with Crippen molar-refractivity contribution in [1.29, 1.82) is 0 Å². The van der Waals surface area contributed by atoms with Gasteiger partial charge in [0.1, 0.15) is 0 Å². The Kier molecular flexibility index (Phi) is 9.49. The molecule has 0 bridgehead atoms. The molecule has 1 heterocycles. The van der Waals surface area contributed by atoms with Gasteiger partial charge in [-0.15, -0.1) is 0 Å². The van der Waals surface area contributed by atoms with Crippen molar-refractivity contribution >= 4 is 0 Å². The Morgan fingerprint density at radius 1 is 1.14 bits per heavy atom. The first-order chi connectivity index (χ1) is 10.0. The summed E-state index contributed by atoms with van der Waals surface area (Å²) in [5, 5.41) is 3.43. The fourth-order valence-corrected chi connectivity index (χ4v) is 2.99. The van der Waals surface area contributed by atoms with E-state index in [1.54, 1.807) is 0 Å². The van der Waals surface area contributed by atoms with E-state index < -0.39 is 0 Å². The maximum atomic E-state index is 6.01. The molecule has 0 aliphatic carbocycles. The van der Waals surface area contributed by atoms with Crippen molar-refractivity contribution in [2.24, 2.45) is 0 Å². The van der Waals surface area contributed by atoms with Gasteiger partial charge in [0.15, 0.2) is 0 Å². The van der Waals surface area contributed by atoms with Crippen LogP contribution in [0.5, 0.6) is 0 Å². The summed E-state index contributed by atoms with van der Waals surface area (Å²) in [5.74, 6) is 0. The van der Waals surface area contributed by atoms with Gasteiger partial charge in [-0.1, -0.05) is 6.92 Å². The Morgan fingerprint density at radius 3 is 2.43 bits per heavy atom. The number of nitrogens with zero attached hydrogens (tertiary/aromatic N) is 1. The van der Waals surface area contributed by atoms with E-state index in [4.69, 9.17) is 9.47 Å². The molecule has 0 aromatic carbocycles. The zero-order valence-corrected chi connectivity index (χ0v) is 14.7. The Balaban J connectivity index is 2.08. The highest BCUT2D eigenvalue weighted by atomic mass is 16.5. The first-order valence-corrected chi connectivity index (χ1v) is 8.74. The maximum absolute atomic E-state index is 6.01. The molecular weight excluding hydrogens is 264 g/mol. The average molecular weight is 300 g/mol. The van der Waals surface area contributed by atoms with Crippen molar-refractivity contribution in [2.45, 2.75) is 78.2 Å². The maximum Gasteiger partial charge on any atom is 0.0813 e. The van der Waals surface area contributed by atoms with Gasteiger partial charge < -0.3 is 14.8 Å². The third kappa shape index (κ3) is 7.59. The number of nitrogens with one attached hydrogen (secondary N) is 1. The summed E-state index contributed by atoms with van der Waals surface area (Å²) in [5.41, 5.74) is 0. The molecule has 0 radical (unpaired) electrons. The monoisotopic (exact) mass is 300 g/mol. The van der Waals surface area contributed by atoms with Crippen molar-refractivity contribution in [3.05, 3.63) is 0 Å². The minimum atomic E-state index is 0.296. The quantitative estimate of drug-likeness (QED) is 0.595. The van der Waals surface area contributed by atoms with Crippen molar-refractivity contribution in [1.82, 2.24) is 10.2 Å². The van der Waals surface area contributed by atoms with Crippen molar-refractivity contribution < 1.29 is 9.47 Å². The van der Waals surface area contributed by atoms with Crippen LogP contribution in [-0.2, 0) is 9.47 Å². The first-order valence-electron chi connectivity index (χ1n) is 8.74. The summed E-state index contributed by atoms with van der Waals surface area (Å²) in [6, 6.07) is 1.15. The summed E-state index contributed by atoms with van der Waals surface area (Å²) in [7, 11) is 0. The highest BCUT2D eigenvalue weighted by Crippen LogP contribution is 2.19. The topological polar surface area (TPSA) is 33.7 Å². The van der Waals surface area contributed by atoms with Gasteiger partial charge in [0.2, 0.25) is 0 Å². The highest BCUT2D eigenvalue weighted by Gasteiger charge is 2.25. The van der Waals surface area contributed by atoms with Crippen LogP contribution in [0.15, 0.2) is 0 Å². The molecule has 4 nitrogen and oxygen atoms in total. The van der Waals surface area contributed by atoms with E-state index in [1.807, 2.05) is 0 Å². The second-order valence-electron chi connectivity index (χ2n) is 6.66. The van der Waals surface area contributed by atoms with Gasteiger partial charge in [-0.05, 0) is 53.5 Å². The summed E-state index contributed by atoms with van der Waals surface area (Å²) in [4.78, 5) is 2.47. The number of hydrogen-bond acceptors (Lipinski definition) is 4. The zero-order chi connectivity index (χ0) is 15.7. The fraction of sp³-hybridized carbons (Fsp3) is 1.00. The van der Waals surface area contributed by atoms with E-state index in [0.717, 1.165) is 45.7 Å². The van der Waals surface area contributed by atoms with E-state index in [2.05, 4.69) is 44.8 Å². The van der Waals surface area contributed by atoms with Crippen LogP contribution in [0.1, 0.15) is 53.9 Å². The molecule has 0 spiro atoms. The summed E-state index contributed by atoms with van der Waals surface area (Å²) < 4.78 is 11.8. The largest absolute Gasteiger partial charge is 0.377 e. The number of ether oxygens (including phenoxy) is 2. The minimum absolute atomic E-state index is 0.296. The first kappa shape index (κ1) is 18.9. The van der Waals surface area contributed by atoms with Crippen LogP contribution in [0, 0.1) is 0 Å². The van der Waals surface area contributed by atoms with Crippen LogP contribution in [0.4, 0.5) is 0 Å². The number of hydrogen-bond donors (Lipinski definition) is 1. The molecule has 1 N–H and O–H groups in total. The Morgan fingerprint density at radius 2 is 1.81 bits per heavy atom. The molecule has 21 heavy (non-hydrogen) atoms. The van der Waals surface area contributed by atoms with E-state index in [0.29, 0.717) is 24.3 Å². The Hall–Kier alpha value is -0.160. The van der Waals surface area contributed by atoms with Crippen LogP contribution in [-0.4, -0.2) is 62.0 Å². The lowest BCUT2D eigenvalue weighted by Gasteiger charge is -2.30. The summed E-state index contributed by atoms with van der Waals surface area (Å²) in [6.07, 6.45) is 4.16. The Bertz CT molecular complexity index is 251. The second-order valence-corrected chi connectivity index (χ2v) is 6.66. The third-order valence-electron chi connectivity index (χ3n) is 4.12. The summed E-state index contributed by atoms with van der Waals surface area (Å²) in [6.45, 7) is 15.8. The lowest BCUT2D eigenvalue weighted by atomic mass is 10.2.